The molecule has 1 fully saturated rings. The molecule has 1 aromatic heterocycles. The van der Waals surface area contributed by atoms with E-state index in [1.165, 1.54) is 37.8 Å². The highest BCUT2D eigenvalue weighted by Crippen LogP contribution is 2.31. The molecule has 1 aliphatic rings. The standard InChI is InChI=1S/C24H32F2N2O/c1-3-4-5-16-29-22-15-13-20(23(25)24(22)26)21-14-12-19(27-28-21)11-10-18-8-6-17(2)7-9-18/h12-15,17-18H,3-11,16H2,1-2H3. The molecule has 1 aromatic carbocycles. The number of ether oxygens (including phenoxy) is 1. The van der Waals surface area contributed by atoms with Gasteiger partial charge in [-0.15, -0.1) is 0 Å². The molecule has 0 atom stereocenters. The van der Waals surface area contributed by atoms with Crippen LogP contribution in [0.25, 0.3) is 11.3 Å². The first-order chi connectivity index (χ1) is 14.1. The van der Waals surface area contributed by atoms with Crippen LogP contribution in [0.5, 0.6) is 5.75 Å². The fourth-order valence-electron chi connectivity index (χ4n) is 3.98. The van der Waals surface area contributed by atoms with E-state index in [2.05, 4.69) is 24.0 Å². The first-order valence-corrected chi connectivity index (χ1v) is 11.0. The molecule has 0 unspecified atom stereocenters. The summed E-state index contributed by atoms with van der Waals surface area (Å²) in [6.45, 7) is 4.79. The highest BCUT2D eigenvalue weighted by molar-refractivity contribution is 5.61. The van der Waals surface area contributed by atoms with Crippen molar-refractivity contribution < 1.29 is 13.5 Å². The number of aryl methyl sites for hydroxylation is 1. The van der Waals surface area contributed by atoms with Crippen molar-refractivity contribution in [2.24, 2.45) is 11.8 Å². The minimum absolute atomic E-state index is 0.0475. The van der Waals surface area contributed by atoms with Gasteiger partial charge in [-0.25, -0.2) is 4.39 Å². The van der Waals surface area contributed by atoms with Crippen LogP contribution < -0.4 is 4.74 Å². The van der Waals surface area contributed by atoms with Crippen LogP contribution in [-0.2, 0) is 6.42 Å². The lowest BCUT2D eigenvalue weighted by Crippen LogP contribution is -2.13. The normalized spacial score (nSPS) is 19.3. The van der Waals surface area contributed by atoms with Gasteiger partial charge in [-0.3, -0.25) is 0 Å². The molecule has 0 radical (unpaired) electrons. The highest BCUT2D eigenvalue weighted by atomic mass is 19.2. The van der Waals surface area contributed by atoms with Crippen molar-refractivity contribution >= 4 is 0 Å². The Hall–Kier alpha value is -2.04. The average molecular weight is 403 g/mol. The van der Waals surface area contributed by atoms with Gasteiger partial charge in [-0.05, 0) is 55.4 Å². The van der Waals surface area contributed by atoms with Gasteiger partial charge in [0.1, 0.15) is 0 Å². The molecular weight excluding hydrogens is 370 g/mol. The van der Waals surface area contributed by atoms with E-state index in [1.54, 1.807) is 6.07 Å². The smallest absolute Gasteiger partial charge is 0.201 e. The number of halogens is 2. The first-order valence-electron chi connectivity index (χ1n) is 11.0. The summed E-state index contributed by atoms with van der Waals surface area (Å²) in [7, 11) is 0. The van der Waals surface area contributed by atoms with Gasteiger partial charge < -0.3 is 4.74 Å². The van der Waals surface area contributed by atoms with E-state index < -0.39 is 11.6 Å². The van der Waals surface area contributed by atoms with Crippen LogP contribution >= 0.6 is 0 Å². The topological polar surface area (TPSA) is 35.0 Å². The predicted octanol–water partition coefficient (Wildman–Crippen LogP) is 6.75. The van der Waals surface area contributed by atoms with Crippen LogP contribution in [-0.4, -0.2) is 16.8 Å². The van der Waals surface area contributed by atoms with Crippen LogP contribution in [0.15, 0.2) is 24.3 Å². The predicted molar refractivity (Wildman–Crippen MR) is 112 cm³/mol. The van der Waals surface area contributed by atoms with Gasteiger partial charge in [0, 0.05) is 5.56 Å². The Bertz CT molecular complexity index is 771. The van der Waals surface area contributed by atoms with E-state index in [0.717, 1.165) is 49.6 Å². The minimum Gasteiger partial charge on any atom is -0.490 e. The Morgan fingerprint density at radius 1 is 0.966 bits per heavy atom. The summed E-state index contributed by atoms with van der Waals surface area (Å²) in [5.41, 5.74) is 1.36. The lowest BCUT2D eigenvalue weighted by Gasteiger charge is -2.25. The molecule has 0 aliphatic heterocycles. The Labute approximate surface area is 172 Å². The van der Waals surface area contributed by atoms with Crippen LogP contribution in [0, 0.1) is 23.5 Å². The quantitative estimate of drug-likeness (QED) is 0.435. The second-order valence-electron chi connectivity index (χ2n) is 8.37. The van der Waals surface area contributed by atoms with Gasteiger partial charge in [0.15, 0.2) is 11.6 Å². The monoisotopic (exact) mass is 402 g/mol. The lowest BCUT2D eigenvalue weighted by molar-refractivity contribution is 0.277. The summed E-state index contributed by atoms with van der Waals surface area (Å²) in [6, 6.07) is 6.59. The van der Waals surface area contributed by atoms with Gasteiger partial charge >= 0.3 is 0 Å². The van der Waals surface area contributed by atoms with Gasteiger partial charge in [0.2, 0.25) is 5.82 Å². The summed E-state index contributed by atoms with van der Waals surface area (Å²) >= 11 is 0. The summed E-state index contributed by atoms with van der Waals surface area (Å²) in [4.78, 5) is 0. The minimum atomic E-state index is -0.962. The van der Waals surface area contributed by atoms with Crippen LogP contribution in [0.3, 0.4) is 0 Å². The average Bonchev–Trinajstić information content (AvgIpc) is 2.74. The third-order valence-corrected chi connectivity index (χ3v) is 5.99. The number of hydrogen-bond donors (Lipinski definition) is 0. The Kier molecular flexibility index (Phi) is 7.96. The van der Waals surface area contributed by atoms with Crippen molar-refractivity contribution in [2.45, 2.75) is 71.6 Å². The van der Waals surface area contributed by atoms with Crippen molar-refractivity contribution in [3.05, 3.63) is 41.6 Å². The molecular formula is C24H32F2N2O. The summed E-state index contributed by atoms with van der Waals surface area (Å²) in [5, 5.41) is 8.39. The second-order valence-corrected chi connectivity index (χ2v) is 8.37. The summed E-state index contributed by atoms with van der Waals surface area (Å²) < 4.78 is 34.2. The van der Waals surface area contributed by atoms with E-state index in [1.807, 2.05) is 6.07 Å². The number of hydrogen-bond acceptors (Lipinski definition) is 3. The molecule has 29 heavy (non-hydrogen) atoms. The Morgan fingerprint density at radius 2 is 1.76 bits per heavy atom. The largest absolute Gasteiger partial charge is 0.490 e. The Morgan fingerprint density at radius 3 is 2.45 bits per heavy atom. The van der Waals surface area contributed by atoms with E-state index in [0.29, 0.717) is 12.3 Å². The summed E-state index contributed by atoms with van der Waals surface area (Å²) in [5.74, 6) is -0.320. The number of nitrogens with zero attached hydrogens (tertiary/aromatic N) is 2. The fraction of sp³-hybridized carbons (Fsp3) is 0.583. The molecule has 0 bridgehead atoms. The molecule has 3 rings (SSSR count). The molecule has 1 aliphatic carbocycles. The van der Waals surface area contributed by atoms with Crippen LogP contribution in [0.1, 0.15) is 70.9 Å². The molecule has 1 heterocycles. The maximum absolute atomic E-state index is 14.5. The fourth-order valence-corrected chi connectivity index (χ4v) is 3.98. The van der Waals surface area contributed by atoms with Gasteiger partial charge in [0.05, 0.1) is 18.0 Å². The van der Waals surface area contributed by atoms with Crippen molar-refractivity contribution in [3.8, 4) is 17.0 Å². The number of unbranched alkanes of at least 4 members (excludes halogenated alkanes) is 2. The molecule has 2 aromatic rings. The molecule has 0 amide bonds. The highest BCUT2D eigenvalue weighted by Gasteiger charge is 2.19. The van der Waals surface area contributed by atoms with Crippen molar-refractivity contribution in [1.29, 1.82) is 0 Å². The maximum atomic E-state index is 14.5. The van der Waals surface area contributed by atoms with Crippen molar-refractivity contribution in [3.63, 3.8) is 0 Å². The van der Waals surface area contributed by atoms with Crippen LogP contribution in [0.4, 0.5) is 8.78 Å². The SMILES string of the molecule is CCCCCOc1ccc(-c2ccc(CCC3CCC(C)CC3)nn2)c(F)c1F. The van der Waals surface area contributed by atoms with Crippen molar-refractivity contribution in [2.75, 3.05) is 6.61 Å². The van der Waals surface area contributed by atoms with E-state index >= 15 is 0 Å². The second kappa shape index (κ2) is 10.7. The number of benzene rings is 1. The summed E-state index contributed by atoms with van der Waals surface area (Å²) in [6.07, 6.45) is 10.1. The molecule has 0 spiro atoms. The molecule has 0 saturated heterocycles. The molecule has 158 valence electrons. The van der Waals surface area contributed by atoms with Crippen molar-refractivity contribution in [1.82, 2.24) is 10.2 Å². The van der Waals surface area contributed by atoms with E-state index in [4.69, 9.17) is 4.74 Å². The molecule has 3 nitrogen and oxygen atoms in total. The van der Waals surface area contributed by atoms with E-state index in [-0.39, 0.29) is 11.3 Å². The number of rotatable bonds is 9. The Balaban J connectivity index is 1.59. The van der Waals surface area contributed by atoms with Crippen LogP contribution in [0.2, 0.25) is 0 Å². The third kappa shape index (κ3) is 5.97. The van der Waals surface area contributed by atoms with Gasteiger partial charge in [0.25, 0.3) is 0 Å². The molecule has 5 heteroatoms. The van der Waals surface area contributed by atoms with Gasteiger partial charge in [-0.1, -0.05) is 52.4 Å². The lowest BCUT2D eigenvalue weighted by atomic mass is 9.81. The third-order valence-electron chi connectivity index (χ3n) is 5.99. The first kappa shape index (κ1) is 21.7. The molecule has 1 saturated carbocycles. The van der Waals surface area contributed by atoms with E-state index in [9.17, 15) is 8.78 Å². The zero-order chi connectivity index (χ0) is 20.6. The maximum Gasteiger partial charge on any atom is 0.201 e. The zero-order valence-electron chi connectivity index (χ0n) is 17.6. The zero-order valence-corrected chi connectivity index (χ0v) is 17.6. The number of aromatic nitrogens is 2. The van der Waals surface area contributed by atoms with Gasteiger partial charge in [-0.2, -0.15) is 14.6 Å². The molecule has 0 N–H and O–H groups in total.